The molecule has 3 rings (SSSR count). The maximum absolute atomic E-state index is 14.2. The number of ether oxygens (including phenoxy) is 1. The monoisotopic (exact) mass is 434 g/mol. The minimum atomic E-state index is -0.683. The van der Waals surface area contributed by atoms with E-state index in [2.05, 4.69) is 5.16 Å². The number of aliphatic hydroxyl groups excluding tert-OH is 1. The van der Waals surface area contributed by atoms with Crippen molar-refractivity contribution in [1.82, 2.24) is 4.90 Å². The highest BCUT2D eigenvalue weighted by Crippen LogP contribution is 2.20. The third-order valence-corrected chi connectivity index (χ3v) is 5.07. The molecule has 0 radical (unpaired) electrons. The quantitative estimate of drug-likeness (QED) is 0.607. The molecule has 30 heavy (non-hydrogen) atoms. The second-order valence-electron chi connectivity index (χ2n) is 7.80. The highest BCUT2D eigenvalue weighted by Gasteiger charge is 2.26. The molecule has 0 bridgehead atoms. The Morgan fingerprint density at radius 3 is 2.67 bits per heavy atom. The Kier molecular flexibility index (Phi) is 8.22. The van der Waals surface area contributed by atoms with E-state index in [1.54, 1.807) is 12.1 Å². The first kappa shape index (κ1) is 22.7. The van der Waals surface area contributed by atoms with Crippen LogP contribution < -0.4 is 0 Å². The fraction of sp³-hybridized carbons (Fsp3) is 0.435. The summed E-state index contributed by atoms with van der Waals surface area (Å²) >= 11 is 5.96. The maximum atomic E-state index is 14.2. The molecule has 0 unspecified atom stereocenters. The summed E-state index contributed by atoms with van der Waals surface area (Å²) in [6.45, 7) is 5.29. The van der Waals surface area contributed by atoms with Crippen molar-refractivity contribution in [2.75, 3.05) is 19.7 Å². The van der Waals surface area contributed by atoms with Gasteiger partial charge in [0, 0.05) is 36.6 Å². The number of nitrogens with zero attached hydrogens (tertiary/aromatic N) is 2. The van der Waals surface area contributed by atoms with Gasteiger partial charge >= 0.3 is 0 Å². The van der Waals surface area contributed by atoms with Crippen LogP contribution in [0.25, 0.3) is 0 Å². The number of aliphatic hydroxyl groups is 1. The van der Waals surface area contributed by atoms with E-state index in [0.717, 1.165) is 11.3 Å². The van der Waals surface area contributed by atoms with Crippen LogP contribution in [-0.2, 0) is 16.1 Å². The summed E-state index contributed by atoms with van der Waals surface area (Å²) < 4.78 is 19.7. The highest BCUT2D eigenvalue weighted by molar-refractivity contribution is 6.30. The molecule has 0 aliphatic carbocycles. The molecule has 1 N–H and O–H groups in total. The van der Waals surface area contributed by atoms with Gasteiger partial charge in [0.25, 0.3) is 0 Å². The van der Waals surface area contributed by atoms with Crippen LogP contribution in [0.15, 0.2) is 53.7 Å². The van der Waals surface area contributed by atoms with Crippen molar-refractivity contribution in [2.45, 2.75) is 45.1 Å². The molecule has 0 aromatic heterocycles. The Morgan fingerprint density at radius 2 is 1.97 bits per heavy atom. The zero-order chi connectivity index (χ0) is 21.5. The van der Waals surface area contributed by atoms with Crippen molar-refractivity contribution in [1.29, 1.82) is 0 Å². The lowest BCUT2D eigenvalue weighted by Crippen LogP contribution is -2.39. The number of hydrogen-bond acceptors (Lipinski definition) is 5. The van der Waals surface area contributed by atoms with Crippen LogP contribution in [0.3, 0.4) is 0 Å². The Balaban J connectivity index is 1.63. The van der Waals surface area contributed by atoms with E-state index in [9.17, 15) is 9.50 Å². The average molecular weight is 435 g/mol. The summed E-state index contributed by atoms with van der Waals surface area (Å²) in [4.78, 5) is 7.62. The summed E-state index contributed by atoms with van der Waals surface area (Å²) in [5.74, 6) is -0.263. The lowest BCUT2D eigenvalue weighted by Gasteiger charge is -2.27. The van der Waals surface area contributed by atoms with Crippen LogP contribution in [0.1, 0.15) is 31.4 Å². The standard InChI is InChI=1S/C23H28ClFN2O3/c1-16(2)29-15-20(28)13-27(12-18-5-3-4-6-22(18)25)14-21-11-23(26-30-21)17-7-9-19(24)10-8-17/h3-10,16,20-21,28H,11-15H2,1-2H3/t20-,21+/m0/s1. The number of hydrogen-bond donors (Lipinski definition) is 1. The van der Waals surface area contributed by atoms with Crippen LogP contribution in [0.4, 0.5) is 4.39 Å². The summed E-state index contributed by atoms with van der Waals surface area (Å²) in [6.07, 6.45) is -0.195. The maximum Gasteiger partial charge on any atom is 0.145 e. The van der Waals surface area contributed by atoms with Gasteiger partial charge in [0.05, 0.1) is 24.5 Å². The molecule has 0 fully saturated rings. The molecule has 0 saturated heterocycles. The Labute approximate surface area is 182 Å². The minimum Gasteiger partial charge on any atom is -0.390 e. The molecule has 0 amide bonds. The molecule has 1 aliphatic heterocycles. The molecular formula is C23H28ClFN2O3. The molecule has 162 valence electrons. The van der Waals surface area contributed by atoms with Gasteiger partial charge in [0.2, 0.25) is 0 Å². The van der Waals surface area contributed by atoms with Crippen molar-refractivity contribution in [2.24, 2.45) is 5.16 Å². The molecule has 1 heterocycles. The molecule has 2 aromatic rings. The van der Waals surface area contributed by atoms with E-state index in [-0.39, 0.29) is 24.6 Å². The summed E-state index contributed by atoms with van der Waals surface area (Å²) in [7, 11) is 0. The fourth-order valence-electron chi connectivity index (χ4n) is 3.35. The Hall–Kier alpha value is -1.99. The van der Waals surface area contributed by atoms with Gasteiger partial charge in [-0.25, -0.2) is 4.39 Å². The van der Waals surface area contributed by atoms with Crippen LogP contribution >= 0.6 is 11.6 Å². The number of rotatable bonds is 10. The van der Waals surface area contributed by atoms with E-state index >= 15 is 0 Å². The van der Waals surface area contributed by atoms with Gasteiger partial charge in [-0.2, -0.15) is 0 Å². The zero-order valence-corrected chi connectivity index (χ0v) is 18.1. The van der Waals surface area contributed by atoms with Gasteiger partial charge in [-0.3, -0.25) is 4.90 Å². The number of benzene rings is 2. The summed E-state index contributed by atoms with van der Waals surface area (Å²) in [5.41, 5.74) is 2.39. The molecule has 0 spiro atoms. The van der Waals surface area contributed by atoms with Crippen molar-refractivity contribution in [3.63, 3.8) is 0 Å². The summed E-state index contributed by atoms with van der Waals surface area (Å²) in [6, 6.07) is 14.1. The normalized spacial score (nSPS) is 17.3. The number of oxime groups is 1. The van der Waals surface area contributed by atoms with Gasteiger partial charge in [0.15, 0.2) is 0 Å². The molecule has 0 saturated carbocycles. The van der Waals surface area contributed by atoms with Crippen LogP contribution in [0, 0.1) is 5.82 Å². The zero-order valence-electron chi connectivity index (χ0n) is 17.3. The van der Waals surface area contributed by atoms with Crippen molar-refractivity contribution >= 4 is 17.3 Å². The molecule has 5 nitrogen and oxygen atoms in total. The van der Waals surface area contributed by atoms with Crippen LogP contribution in [-0.4, -0.2) is 53.7 Å². The van der Waals surface area contributed by atoms with E-state index in [1.807, 2.05) is 49.1 Å². The number of halogens is 2. The second kappa shape index (κ2) is 10.9. The molecule has 2 atom stereocenters. The average Bonchev–Trinajstić information content (AvgIpc) is 3.17. The van der Waals surface area contributed by atoms with Gasteiger partial charge in [0.1, 0.15) is 11.9 Å². The topological polar surface area (TPSA) is 54.3 Å². The minimum absolute atomic E-state index is 0.0353. The largest absolute Gasteiger partial charge is 0.390 e. The van der Waals surface area contributed by atoms with Crippen LogP contribution in [0.2, 0.25) is 5.02 Å². The molecule has 2 aromatic carbocycles. The van der Waals surface area contributed by atoms with E-state index in [1.165, 1.54) is 6.07 Å². The van der Waals surface area contributed by atoms with Gasteiger partial charge in [-0.05, 0) is 37.6 Å². The predicted octanol–water partition coefficient (Wildman–Crippen LogP) is 4.26. The third-order valence-electron chi connectivity index (χ3n) is 4.81. The second-order valence-corrected chi connectivity index (χ2v) is 8.23. The molecular weight excluding hydrogens is 407 g/mol. The summed E-state index contributed by atoms with van der Waals surface area (Å²) in [5, 5.41) is 15.3. The van der Waals surface area contributed by atoms with E-state index < -0.39 is 6.10 Å². The molecule has 7 heteroatoms. The van der Waals surface area contributed by atoms with Crippen LogP contribution in [0.5, 0.6) is 0 Å². The first-order valence-corrected chi connectivity index (χ1v) is 10.5. The van der Waals surface area contributed by atoms with Gasteiger partial charge < -0.3 is 14.7 Å². The lowest BCUT2D eigenvalue weighted by atomic mass is 10.0. The van der Waals surface area contributed by atoms with E-state index in [4.69, 9.17) is 21.2 Å². The fourth-order valence-corrected chi connectivity index (χ4v) is 3.48. The Morgan fingerprint density at radius 1 is 1.23 bits per heavy atom. The van der Waals surface area contributed by atoms with E-state index in [0.29, 0.717) is 36.6 Å². The Bertz CT molecular complexity index is 845. The molecule has 1 aliphatic rings. The smallest absolute Gasteiger partial charge is 0.145 e. The first-order chi connectivity index (χ1) is 14.4. The first-order valence-electron chi connectivity index (χ1n) is 10.1. The van der Waals surface area contributed by atoms with Gasteiger partial charge in [-0.15, -0.1) is 0 Å². The lowest BCUT2D eigenvalue weighted by molar-refractivity contribution is -0.0196. The predicted molar refractivity (Wildman–Crippen MR) is 116 cm³/mol. The highest BCUT2D eigenvalue weighted by atomic mass is 35.5. The third kappa shape index (κ3) is 6.77. The van der Waals surface area contributed by atoms with Gasteiger partial charge in [-0.1, -0.05) is 47.1 Å². The van der Waals surface area contributed by atoms with Crippen molar-refractivity contribution < 1.29 is 19.1 Å². The van der Waals surface area contributed by atoms with Crippen molar-refractivity contribution in [3.05, 3.63) is 70.5 Å². The van der Waals surface area contributed by atoms with Crippen molar-refractivity contribution in [3.8, 4) is 0 Å². The SMILES string of the molecule is CC(C)OC[C@@H](O)CN(Cc1ccccc1F)C[C@H]1CC(c2ccc(Cl)cc2)=NO1.